The van der Waals surface area contributed by atoms with Crippen LogP contribution in [-0.2, 0) is 9.59 Å². The molecule has 0 aliphatic carbocycles. The van der Waals surface area contributed by atoms with Crippen molar-refractivity contribution < 1.29 is 19.8 Å². The van der Waals surface area contributed by atoms with E-state index in [1.807, 2.05) is 0 Å². The Morgan fingerprint density at radius 3 is 2.93 bits per heavy atom. The van der Waals surface area contributed by atoms with Crippen molar-refractivity contribution in [1.29, 1.82) is 0 Å². The standard InChI is InChI=1S/C9H15NO4S/c1-5(11)2-6-3-8(12)10-7(4-15-6)9(13)14/h5-7,11H,2-4H2,1H3,(H,10,12)(H,13,14)/t5-,6+,7+/m1/s1. The van der Waals surface area contributed by atoms with Crippen molar-refractivity contribution in [3.05, 3.63) is 0 Å². The summed E-state index contributed by atoms with van der Waals surface area (Å²) in [6, 6.07) is -0.804. The van der Waals surface area contributed by atoms with Gasteiger partial charge >= 0.3 is 5.97 Å². The lowest BCUT2D eigenvalue weighted by molar-refractivity contribution is -0.141. The summed E-state index contributed by atoms with van der Waals surface area (Å²) in [6.45, 7) is 1.66. The van der Waals surface area contributed by atoms with Crippen LogP contribution in [-0.4, -0.2) is 45.2 Å². The number of carbonyl (C=O) groups is 2. The molecule has 1 rings (SSSR count). The number of aliphatic carboxylic acids is 1. The number of carbonyl (C=O) groups excluding carboxylic acids is 1. The van der Waals surface area contributed by atoms with Crippen LogP contribution in [0.2, 0.25) is 0 Å². The van der Waals surface area contributed by atoms with Gasteiger partial charge in [0.25, 0.3) is 0 Å². The minimum atomic E-state index is -1.01. The second-order valence-electron chi connectivity index (χ2n) is 3.70. The van der Waals surface area contributed by atoms with Gasteiger partial charge in [-0.1, -0.05) is 0 Å². The first-order chi connectivity index (χ1) is 6.99. The number of carboxylic acids is 1. The number of hydrogen-bond acceptors (Lipinski definition) is 4. The molecule has 5 nitrogen and oxygen atoms in total. The summed E-state index contributed by atoms with van der Waals surface area (Å²) in [6.07, 6.45) is 0.334. The highest BCUT2D eigenvalue weighted by atomic mass is 32.2. The van der Waals surface area contributed by atoms with Crippen molar-refractivity contribution in [2.24, 2.45) is 0 Å². The third-order valence-electron chi connectivity index (χ3n) is 2.15. The number of hydrogen-bond donors (Lipinski definition) is 3. The first-order valence-electron chi connectivity index (χ1n) is 4.81. The van der Waals surface area contributed by atoms with Gasteiger partial charge in [0.1, 0.15) is 6.04 Å². The van der Waals surface area contributed by atoms with Crippen LogP contribution in [0.25, 0.3) is 0 Å². The zero-order valence-corrected chi connectivity index (χ0v) is 9.29. The molecule has 3 N–H and O–H groups in total. The minimum Gasteiger partial charge on any atom is -0.480 e. The Labute approximate surface area is 92.2 Å². The first kappa shape index (κ1) is 12.3. The molecule has 0 bridgehead atoms. The van der Waals surface area contributed by atoms with E-state index in [-0.39, 0.29) is 17.6 Å². The molecule has 0 aromatic rings. The maximum Gasteiger partial charge on any atom is 0.327 e. The van der Waals surface area contributed by atoms with Crippen LogP contribution in [0.15, 0.2) is 0 Å². The molecule has 1 fully saturated rings. The lowest BCUT2D eigenvalue weighted by Gasteiger charge is -2.13. The summed E-state index contributed by atoms with van der Waals surface area (Å²) < 4.78 is 0. The van der Waals surface area contributed by atoms with E-state index < -0.39 is 18.1 Å². The van der Waals surface area contributed by atoms with Gasteiger partial charge in [-0.3, -0.25) is 4.79 Å². The number of rotatable bonds is 3. The maximum absolute atomic E-state index is 11.3. The fourth-order valence-corrected chi connectivity index (χ4v) is 2.83. The lowest BCUT2D eigenvalue weighted by atomic mass is 10.1. The third-order valence-corrected chi connectivity index (χ3v) is 3.51. The molecular weight excluding hydrogens is 218 g/mol. The Balaban J connectivity index is 2.54. The average Bonchev–Trinajstić information content (AvgIpc) is 2.26. The normalized spacial score (nSPS) is 29.1. The van der Waals surface area contributed by atoms with E-state index in [9.17, 15) is 14.7 Å². The summed E-state index contributed by atoms with van der Waals surface area (Å²) in [7, 11) is 0. The summed E-state index contributed by atoms with van der Waals surface area (Å²) in [4.78, 5) is 22.0. The van der Waals surface area contributed by atoms with Crippen molar-refractivity contribution in [3.63, 3.8) is 0 Å². The summed E-state index contributed by atoms with van der Waals surface area (Å²) in [5.74, 6) is -0.898. The molecule has 1 heterocycles. The van der Waals surface area contributed by atoms with Crippen molar-refractivity contribution in [1.82, 2.24) is 5.32 Å². The van der Waals surface area contributed by atoms with Crippen molar-refractivity contribution >= 4 is 23.6 Å². The number of nitrogens with one attached hydrogen (secondary N) is 1. The molecular formula is C9H15NO4S. The van der Waals surface area contributed by atoms with E-state index in [1.54, 1.807) is 6.92 Å². The molecule has 1 amide bonds. The zero-order valence-electron chi connectivity index (χ0n) is 8.47. The van der Waals surface area contributed by atoms with Crippen molar-refractivity contribution in [2.75, 3.05) is 5.75 Å². The van der Waals surface area contributed by atoms with E-state index in [0.717, 1.165) is 0 Å². The largest absolute Gasteiger partial charge is 0.480 e. The molecule has 0 unspecified atom stereocenters. The Kier molecular flexibility index (Phi) is 4.41. The third kappa shape index (κ3) is 4.09. The van der Waals surface area contributed by atoms with E-state index in [1.165, 1.54) is 11.8 Å². The van der Waals surface area contributed by atoms with Crippen LogP contribution >= 0.6 is 11.8 Å². The molecule has 0 radical (unpaired) electrons. The fourth-order valence-electron chi connectivity index (χ4n) is 1.46. The van der Waals surface area contributed by atoms with Gasteiger partial charge < -0.3 is 15.5 Å². The maximum atomic E-state index is 11.3. The van der Waals surface area contributed by atoms with Crippen LogP contribution in [0.4, 0.5) is 0 Å². The van der Waals surface area contributed by atoms with Crippen LogP contribution in [0.5, 0.6) is 0 Å². The highest BCUT2D eigenvalue weighted by molar-refractivity contribution is 8.00. The average molecular weight is 233 g/mol. The van der Waals surface area contributed by atoms with Gasteiger partial charge in [-0.2, -0.15) is 11.8 Å². The molecule has 3 atom stereocenters. The van der Waals surface area contributed by atoms with Crippen molar-refractivity contribution in [2.45, 2.75) is 37.2 Å². The molecule has 0 aromatic heterocycles. The number of amides is 1. The van der Waals surface area contributed by atoms with E-state index >= 15 is 0 Å². The van der Waals surface area contributed by atoms with Gasteiger partial charge in [0.2, 0.25) is 5.91 Å². The van der Waals surface area contributed by atoms with E-state index in [2.05, 4.69) is 5.32 Å². The van der Waals surface area contributed by atoms with E-state index in [0.29, 0.717) is 12.2 Å². The highest BCUT2D eigenvalue weighted by Gasteiger charge is 2.28. The smallest absolute Gasteiger partial charge is 0.327 e. The quantitative estimate of drug-likeness (QED) is 0.630. The second-order valence-corrected chi connectivity index (χ2v) is 5.04. The number of thioether (sulfide) groups is 1. The Hall–Kier alpha value is -0.750. The predicted molar refractivity (Wildman–Crippen MR) is 56.7 cm³/mol. The van der Waals surface area contributed by atoms with Crippen molar-refractivity contribution in [3.8, 4) is 0 Å². The molecule has 6 heteroatoms. The summed E-state index contributed by atoms with van der Waals surface area (Å²) in [5, 5.41) is 20.4. The minimum absolute atomic E-state index is 0.00866. The fraction of sp³-hybridized carbons (Fsp3) is 0.778. The van der Waals surface area contributed by atoms with E-state index in [4.69, 9.17) is 5.11 Å². The molecule has 86 valence electrons. The molecule has 0 spiro atoms. The van der Waals surface area contributed by atoms with Gasteiger partial charge in [-0.25, -0.2) is 4.79 Å². The van der Waals surface area contributed by atoms with Crippen LogP contribution in [0.1, 0.15) is 19.8 Å². The van der Waals surface area contributed by atoms with Crippen LogP contribution in [0.3, 0.4) is 0 Å². The molecule has 0 saturated carbocycles. The van der Waals surface area contributed by atoms with Gasteiger partial charge in [-0.05, 0) is 13.3 Å². The molecule has 1 aliphatic heterocycles. The zero-order chi connectivity index (χ0) is 11.4. The Bertz CT molecular complexity index is 256. The molecule has 0 aromatic carbocycles. The number of aliphatic hydroxyl groups excluding tert-OH is 1. The Morgan fingerprint density at radius 1 is 1.73 bits per heavy atom. The monoisotopic (exact) mass is 233 g/mol. The topological polar surface area (TPSA) is 86.6 Å². The van der Waals surface area contributed by atoms with Gasteiger partial charge in [0.05, 0.1) is 6.10 Å². The van der Waals surface area contributed by atoms with Gasteiger partial charge in [0, 0.05) is 17.4 Å². The second kappa shape index (κ2) is 5.37. The molecule has 1 aliphatic rings. The Morgan fingerprint density at radius 2 is 2.40 bits per heavy atom. The summed E-state index contributed by atoms with van der Waals surface area (Å²) >= 11 is 1.43. The van der Waals surface area contributed by atoms with Crippen LogP contribution in [0, 0.1) is 0 Å². The first-order valence-corrected chi connectivity index (χ1v) is 5.85. The van der Waals surface area contributed by atoms with Gasteiger partial charge in [0.15, 0.2) is 0 Å². The SMILES string of the molecule is C[C@@H](O)C[C@H]1CC(=O)N[C@H](C(=O)O)CS1. The number of aliphatic hydroxyl groups is 1. The number of carboxylic acid groups (broad SMARTS) is 1. The predicted octanol–water partition coefficient (Wildman–Crippen LogP) is -0.168. The summed E-state index contributed by atoms with van der Waals surface area (Å²) in [5.41, 5.74) is 0. The van der Waals surface area contributed by atoms with Crippen LogP contribution < -0.4 is 5.32 Å². The molecule has 1 saturated heterocycles. The molecule has 15 heavy (non-hydrogen) atoms. The van der Waals surface area contributed by atoms with Gasteiger partial charge in [-0.15, -0.1) is 0 Å². The highest BCUT2D eigenvalue weighted by Crippen LogP contribution is 2.23. The lowest BCUT2D eigenvalue weighted by Crippen LogP contribution is -2.41.